The average molecular weight is 1050 g/mol. The Kier molecular flexibility index (Phi) is 12.7. The summed E-state index contributed by atoms with van der Waals surface area (Å²) in [7, 11) is 0. The van der Waals surface area contributed by atoms with Gasteiger partial charge in [0.25, 0.3) is 5.69 Å². The Labute approximate surface area is 389 Å². The molecule has 1 aromatic heterocycles. The second-order valence-corrected chi connectivity index (χ2v) is 19.3. The zero-order valence-corrected chi connectivity index (χ0v) is 40.5. The number of rotatable bonds is 13. The van der Waals surface area contributed by atoms with E-state index in [9.17, 15) is 15.4 Å². The molecule has 0 N–H and O–H groups in total. The van der Waals surface area contributed by atoms with E-state index in [1.807, 2.05) is 98.9 Å². The molecule has 324 valence electrons. The normalized spacial score (nSPS) is 22.1. The molecular formula is C50H50N7O6Tl. The van der Waals surface area contributed by atoms with Crippen LogP contribution in [0.5, 0.6) is 0 Å². The van der Waals surface area contributed by atoms with Gasteiger partial charge in [-0.1, -0.05) is 42.5 Å². The number of aromatic nitrogens is 2. The molecule has 5 aromatic carbocycles. The molecule has 3 saturated heterocycles. The Morgan fingerprint density at radius 1 is 0.781 bits per heavy atom. The molecular weight excluding hydrogens is 999 g/mol. The molecule has 3 fully saturated rings. The third-order valence-corrected chi connectivity index (χ3v) is 14.4. The van der Waals surface area contributed by atoms with Gasteiger partial charge in [0.1, 0.15) is 0 Å². The summed E-state index contributed by atoms with van der Waals surface area (Å²) in [5.41, 5.74) is 5.34. The SMILES string of the molecule is CC1(C)O[C@@H]2[C@@H](O1)[C@@H](Cc1ccccc1)N(Cc1ccc3c(c1)c(CC(C#N)(c1ccccc1)N1CCOCC1)n[n]3[Tl])C(=O)N(Cc1cccc([N+](=O)[O-])c1)[C@@H]2Cc1ccccc1. The topological polar surface area (TPSA) is 139 Å². The zero-order chi connectivity index (χ0) is 44.4. The van der Waals surface area contributed by atoms with E-state index in [0.29, 0.717) is 77.2 Å². The number of carbonyl (C=O) groups excluding carboxylic acids is 1. The van der Waals surface area contributed by atoms with Crippen molar-refractivity contribution in [1.82, 2.24) is 22.3 Å². The molecule has 5 atom stereocenters. The average Bonchev–Trinajstić information content (AvgIpc) is 3.80. The summed E-state index contributed by atoms with van der Waals surface area (Å²) >= 11 is 0.370. The number of carbonyl (C=O) groups is 1. The standard InChI is InChI=1S/C50H50N7O6.Tl/c1-49(2)62-46-44(29-35-13-6-3-7-14-35)55(32-37-17-12-20-40(27-37)57(59)60)48(58)56(45(47(46)63-49)30-36-15-8-4-9-16-36)33-38-21-22-42-41(28-38)43(53-52-42)31-50(34-51,39-18-10-5-11-19-39)54-23-25-61-26-24-54;/h3-22,27-28,44-47H,23-26,29-33H2,1-2H3;/q-1;+1/t44-,45-,46+,47+,50?;/m1./s1. The van der Waals surface area contributed by atoms with Crippen molar-refractivity contribution in [1.29, 1.82) is 5.26 Å². The third kappa shape index (κ3) is 8.94. The number of hydrogen-bond acceptors (Lipinski definition) is 9. The summed E-state index contributed by atoms with van der Waals surface area (Å²) in [6, 6.07) is 44.6. The summed E-state index contributed by atoms with van der Waals surface area (Å²) in [6.45, 7) is 6.54. The minimum absolute atomic E-state index is 0.0387. The molecule has 13 nitrogen and oxygen atoms in total. The van der Waals surface area contributed by atoms with Crippen molar-refractivity contribution in [3.8, 4) is 6.07 Å². The first-order valence-corrected chi connectivity index (χ1v) is 23.8. The van der Waals surface area contributed by atoms with Gasteiger partial charge in [-0.15, -0.1) is 0 Å². The molecule has 64 heavy (non-hydrogen) atoms. The Hall–Kier alpha value is -5.51. The minimum atomic E-state index is -0.975. The van der Waals surface area contributed by atoms with Crippen molar-refractivity contribution in [3.63, 3.8) is 0 Å². The zero-order valence-electron chi connectivity index (χ0n) is 36.0. The second kappa shape index (κ2) is 18.5. The van der Waals surface area contributed by atoms with E-state index in [2.05, 4.69) is 53.4 Å². The molecule has 3 aliphatic heterocycles. The molecule has 2 amide bonds. The van der Waals surface area contributed by atoms with Crippen molar-refractivity contribution in [2.75, 3.05) is 26.3 Å². The van der Waals surface area contributed by atoms with Crippen LogP contribution in [0, 0.1) is 21.4 Å². The van der Waals surface area contributed by atoms with Crippen LogP contribution >= 0.6 is 0 Å². The van der Waals surface area contributed by atoms with Crippen LogP contribution in [-0.2, 0) is 52.1 Å². The number of benzene rings is 5. The fraction of sp³-hybridized carbons (Fsp3) is 0.340. The van der Waals surface area contributed by atoms with Gasteiger partial charge in [0.2, 0.25) is 0 Å². The Bertz CT molecular complexity index is 2650. The molecule has 1 unspecified atom stereocenters. The fourth-order valence-corrected chi connectivity index (χ4v) is 11.3. The summed E-state index contributed by atoms with van der Waals surface area (Å²) < 4.78 is 21.6. The van der Waals surface area contributed by atoms with E-state index in [0.717, 1.165) is 38.9 Å². The molecule has 4 heterocycles. The Morgan fingerprint density at radius 2 is 1.33 bits per heavy atom. The van der Waals surface area contributed by atoms with Gasteiger partial charge in [0, 0.05) is 6.07 Å². The number of hydrogen-bond donors (Lipinski definition) is 0. The predicted octanol–water partition coefficient (Wildman–Crippen LogP) is 7.35. The van der Waals surface area contributed by atoms with Crippen molar-refractivity contribution in [3.05, 3.63) is 177 Å². The molecule has 3 aliphatic rings. The first-order chi connectivity index (χ1) is 31.0. The van der Waals surface area contributed by atoms with E-state index >= 15 is 4.79 Å². The second-order valence-electron chi connectivity index (χ2n) is 17.4. The van der Waals surface area contributed by atoms with Crippen LogP contribution in [0.15, 0.2) is 133 Å². The molecule has 9 rings (SSSR count). The van der Waals surface area contributed by atoms with Crippen LogP contribution in [0.25, 0.3) is 10.9 Å². The first kappa shape index (κ1) is 43.7. The number of non-ortho nitro benzene ring substituents is 1. The molecule has 0 bridgehead atoms. The molecule has 6 aromatic rings. The molecule has 0 aliphatic carbocycles. The predicted molar refractivity (Wildman–Crippen MR) is 242 cm³/mol. The maximum absolute atomic E-state index is 15.8. The number of nitro benzene ring substituents is 1. The first-order valence-electron chi connectivity index (χ1n) is 21.8. The minimum Gasteiger partial charge on any atom is -0.0622 e. The fourth-order valence-electron chi connectivity index (χ4n) is 9.86. The van der Waals surface area contributed by atoms with E-state index in [1.54, 1.807) is 12.1 Å². The number of ether oxygens (including phenoxy) is 3. The summed E-state index contributed by atoms with van der Waals surface area (Å²) in [5.74, 6) is -0.955. The van der Waals surface area contributed by atoms with E-state index in [4.69, 9.17) is 19.3 Å². The summed E-state index contributed by atoms with van der Waals surface area (Å²) in [5, 5.41) is 29.2. The number of morpholine rings is 1. The molecule has 0 spiro atoms. The molecule has 0 saturated carbocycles. The summed E-state index contributed by atoms with van der Waals surface area (Å²) in [4.78, 5) is 33.4. The van der Waals surface area contributed by atoms with Crippen LogP contribution in [-0.4, -0.2) is 116 Å². The van der Waals surface area contributed by atoms with Gasteiger partial charge in [0.05, 0.1) is 4.92 Å². The van der Waals surface area contributed by atoms with E-state index in [-0.39, 0.29) is 24.8 Å². The number of nitro groups is 1. The smallest absolute Gasteiger partial charge is 0.0622 e. The van der Waals surface area contributed by atoms with E-state index in [1.165, 1.54) is 6.07 Å². The van der Waals surface area contributed by atoms with Gasteiger partial charge in [-0.2, -0.15) is 0 Å². The van der Waals surface area contributed by atoms with Crippen molar-refractivity contribution in [2.24, 2.45) is 0 Å². The Morgan fingerprint density at radius 3 is 1.89 bits per heavy atom. The summed E-state index contributed by atoms with van der Waals surface area (Å²) in [6.07, 6.45) is 0.295. The van der Waals surface area contributed by atoms with Gasteiger partial charge in [0.15, 0.2) is 0 Å². The monoisotopic (exact) mass is 1050 g/mol. The number of nitrogens with zero attached hydrogens (tertiary/aromatic N) is 7. The van der Waals surface area contributed by atoms with Gasteiger partial charge in [-0.25, -0.2) is 0 Å². The van der Waals surface area contributed by atoms with Gasteiger partial charge in [-0.05, 0) is 0 Å². The number of urea groups is 1. The van der Waals surface area contributed by atoms with Crippen LogP contribution < -0.4 is 0 Å². The van der Waals surface area contributed by atoms with E-state index < -0.39 is 40.5 Å². The van der Waals surface area contributed by atoms with Crippen molar-refractivity contribution >= 4 is 48.7 Å². The molecule has 14 heteroatoms. The van der Waals surface area contributed by atoms with Crippen LogP contribution in [0.3, 0.4) is 0 Å². The van der Waals surface area contributed by atoms with Crippen LogP contribution in [0.2, 0.25) is 0 Å². The van der Waals surface area contributed by atoms with Crippen molar-refractivity contribution < 1.29 is 23.9 Å². The third-order valence-electron chi connectivity index (χ3n) is 12.9. The van der Waals surface area contributed by atoms with Crippen LogP contribution in [0.1, 0.15) is 47.4 Å². The van der Waals surface area contributed by atoms with Gasteiger partial charge < -0.3 is 0 Å². The van der Waals surface area contributed by atoms with Gasteiger partial charge in [-0.3, -0.25) is 10.1 Å². The van der Waals surface area contributed by atoms with Gasteiger partial charge >= 0.3 is 322 Å². The maximum atomic E-state index is 15.8. The van der Waals surface area contributed by atoms with Crippen molar-refractivity contribution in [2.45, 2.75) is 81.8 Å². The van der Waals surface area contributed by atoms with Crippen LogP contribution in [0.4, 0.5) is 10.5 Å². The molecule has 0 radical (unpaired) electrons. The quantitative estimate of drug-likeness (QED) is 0.0661. The number of nitriles is 1. The number of fused-ring (bicyclic) bond motifs is 2. The number of amides is 2. The Balaban J connectivity index is 1.16.